The third-order valence-corrected chi connectivity index (χ3v) is 10.6. The summed E-state index contributed by atoms with van der Waals surface area (Å²) in [7, 11) is -0.312. The molecule has 3 heterocycles. The highest BCUT2D eigenvalue weighted by molar-refractivity contribution is 8.76. The second-order valence-corrected chi connectivity index (χ2v) is 13.6. The first-order valence-electron chi connectivity index (χ1n) is 12.5. The van der Waals surface area contributed by atoms with Gasteiger partial charge in [0.2, 0.25) is 0 Å². The maximum atomic E-state index is 14.1. The summed E-state index contributed by atoms with van der Waals surface area (Å²) in [6.45, 7) is 2.25. The van der Waals surface area contributed by atoms with E-state index >= 15 is 0 Å². The lowest BCUT2D eigenvalue weighted by Gasteiger charge is -2.32. The Kier molecular flexibility index (Phi) is 9.11. The van der Waals surface area contributed by atoms with Crippen LogP contribution in [-0.4, -0.2) is 48.9 Å². The van der Waals surface area contributed by atoms with Crippen LogP contribution in [0.2, 0.25) is 0 Å². The number of nitrogens with two attached hydrogens (primary N) is 1. The van der Waals surface area contributed by atoms with Gasteiger partial charge in [-0.1, -0.05) is 64.1 Å². The van der Waals surface area contributed by atoms with E-state index in [-0.39, 0.29) is 30.4 Å². The van der Waals surface area contributed by atoms with E-state index < -0.39 is 7.60 Å². The van der Waals surface area contributed by atoms with E-state index in [1.165, 1.54) is 6.33 Å². The van der Waals surface area contributed by atoms with Crippen LogP contribution >= 0.6 is 29.2 Å². The number of para-hydroxylation sites is 1. The molecule has 2 aromatic heterocycles. The Morgan fingerprint density at radius 3 is 2.77 bits per heavy atom. The van der Waals surface area contributed by atoms with Gasteiger partial charge in [-0.2, -0.15) is 0 Å². The molecule has 1 fully saturated rings. The summed E-state index contributed by atoms with van der Waals surface area (Å²) in [5.41, 5.74) is 8.97. The topological polar surface area (TPSA) is 135 Å². The number of rotatable bonds is 11. The minimum Gasteiger partial charge on any atom is -0.423 e. The van der Waals surface area contributed by atoms with E-state index in [0.717, 1.165) is 11.1 Å². The lowest BCUT2D eigenvalue weighted by molar-refractivity contribution is 0.0672. The molecule has 0 aliphatic carbocycles. The molecule has 0 radical (unpaired) electrons. The zero-order chi connectivity index (χ0) is 27.2. The maximum Gasteiger partial charge on any atom is 0.405 e. The zero-order valence-corrected chi connectivity index (χ0v) is 23.9. The van der Waals surface area contributed by atoms with Crippen molar-refractivity contribution in [1.82, 2.24) is 19.5 Å². The largest absolute Gasteiger partial charge is 0.423 e. The highest BCUT2D eigenvalue weighted by Crippen LogP contribution is 2.55. The second-order valence-electron chi connectivity index (χ2n) is 9.14. The zero-order valence-electron chi connectivity index (χ0n) is 21.3. The predicted molar refractivity (Wildman–Crippen MR) is 154 cm³/mol. The Morgan fingerprint density at radius 2 is 1.95 bits per heavy atom. The molecule has 206 valence electrons. The number of aliphatic hydroxyl groups excluding tert-OH is 1. The van der Waals surface area contributed by atoms with Crippen molar-refractivity contribution >= 4 is 46.2 Å². The van der Waals surface area contributed by atoms with Gasteiger partial charge in [0, 0.05) is 11.0 Å². The second kappa shape index (κ2) is 12.7. The van der Waals surface area contributed by atoms with Gasteiger partial charge in [0.15, 0.2) is 17.8 Å². The molecule has 2 aromatic carbocycles. The molecule has 4 aromatic rings. The molecule has 4 atom stereocenters. The van der Waals surface area contributed by atoms with E-state index in [4.69, 9.17) is 19.5 Å². The fourth-order valence-corrected chi connectivity index (χ4v) is 9.02. The van der Waals surface area contributed by atoms with Crippen molar-refractivity contribution < 1.29 is 23.5 Å². The average Bonchev–Trinajstić information content (AvgIpc) is 3.36. The van der Waals surface area contributed by atoms with Crippen LogP contribution in [0.15, 0.2) is 67.3 Å². The molecule has 3 N–H and O–H groups in total. The van der Waals surface area contributed by atoms with Crippen LogP contribution in [-0.2, 0) is 27.0 Å². The van der Waals surface area contributed by atoms with E-state index in [0.29, 0.717) is 41.4 Å². The molecule has 1 saturated heterocycles. The monoisotopic (exact) mass is 587 g/mol. The Labute approximate surface area is 234 Å². The first kappa shape index (κ1) is 27.9. The van der Waals surface area contributed by atoms with Gasteiger partial charge >= 0.3 is 7.60 Å². The molecule has 1 aliphatic heterocycles. The van der Waals surface area contributed by atoms with Gasteiger partial charge in [-0.25, -0.2) is 19.5 Å². The van der Waals surface area contributed by atoms with Crippen LogP contribution in [0, 0.1) is 0 Å². The fraction of sp³-hybridized carbons (Fsp3) is 0.346. The quantitative estimate of drug-likeness (QED) is 0.171. The Balaban J connectivity index is 1.28. The SMILES string of the molecule is CC(Cn1cnc2c(N)ncnc21)OCP(=O)(Oc1ccccc1)OC1CSSC(c2ccccc2CO)C1. The number of ether oxygens (including phenoxy) is 1. The normalized spacial score (nSPS) is 19.9. The van der Waals surface area contributed by atoms with Gasteiger partial charge in [-0.15, -0.1) is 0 Å². The summed E-state index contributed by atoms with van der Waals surface area (Å²) < 4.78 is 34.2. The van der Waals surface area contributed by atoms with Crippen LogP contribution in [0.1, 0.15) is 29.7 Å². The number of benzene rings is 2. The highest BCUT2D eigenvalue weighted by Gasteiger charge is 2.36. The third-order valence-electron chi connectivity index (χ3n) is 6.19. The standard InChI is InChI=1S/C26H30N5O5PS2/c1-18(12-31-16-30-24-25(27)28-15-29-26(24)31)34-17-37(33,35-20-8-3-2-4-9-20)36-21-11-23(39-38-14-21)22-10-6-5-7-19(22)13-32/h2-10,15-16,18,21,23,32H,11-14,17H2,1H3,(H2,27,28,29). The van der Waals surface area contributed by atoms with Gasteiger partial charge in [-0.3, -0.25) is 4.52 Å². The number of imidazole rings is 1. The molecular weight excluding hydrogens is 557 g/mol. The number of anilines is 1. The average molecular weight is 588 g/mol. The molecule has 13 heteroatoms. The van der Waals surface area contributed by atoms with E-state index in [2.05, 4.69) is 15.0 Å². The van der Waals surface area contributed by atoms with Crippen LogP contribution in [0.4, 0.5) is 5.82 Å². The van der Waals surface area contributed by atoms with Gasteiger partial charge in [0.25, 0.3) is 0 Å². The minimum absolute atomic E-state index is 0.0322. The third kappa shape index (κ3) is 6.95. The Bertz CT molecular complexity index is 1440. The smallest absolute Gasteiger partial charge is 0.405 e. The fourth-order valence-electron chi connectivity index (χ4n) is 4.32. The molecular formula is C26H30N5O5PS2. The van der Waals surface area contributed by atoms with Gasteiger partial charge in [0.05, 0.1) is 31.7 Å². The number of fused-ring (bicyclic) bond motifs is 1. The van der Waals surface area contributed by atoms with Gasteiger partial charge in [-0.05, 0) is 36.6 Å². The molecule has 10 nitrogen and oxygen atoms in total. The molecule has 39 heavy (non-hydrogen) atoms. The van der Waals surface area contributed by atoms with Crippen molar-refractivity contribution in [2.45, 2.75) is 44.0 Å². The molecule has 0 amide bonds. The number of hydrogen-bond acceptors (Lipinski definition) is 11. The first-order chi connectivity index (χ1) is 18.9. The van der Waals surface area contributed by atoms with Crippen molar-refractivity contribution in [2.24, 2.45) is 0 Å². The van der Waals surface area contributed by atoms with E-state index in [9.17, 15) is 9.67 Å². The summed E-state index contributed by atoms with van der Waals surface area (Å²) in [5.74, 6) is 1.41. The molecule has 1 aliphatic rings. The minimum atomic E-state index is -3.71. The summed E-state index contributed by atoms with van der Waals surface area (Å²) >= 11 is 0. The lowest BCUT2D eigenvalue weighted by Crippen LogP contribution is -2.24. The Hall–Kier alpha value is -2.60. The Morgan fingerprint density at radius 1 is 1.15 bits per heavy atom. The number of nitrogens with zero attached hydrogens (tertiary/aromatic N) is 4. The predicted octanol–water partition coefficient (Wildman–Crippen LogP) is 5.45. The van der Waals surface area contributed by atoms with Crippen LogP contribution < -0.4 is 10.3 Å². The van der Waals surface area contributed by atoms with Crippen LogP contribution in [0.5, 0.6) is 5.75 Å². The van der Waals surface area contributed by atoms with Crippen LogP contribution in [0.3, 0.4) is 0 Å². The summed E-state index contributed by atoms with van der Waals surface area (Å²) in [5, 5.41) is 9.89. The number of hydrogen-bond donors (Lipinski definition) is 2. The van der Waals surface area contributed by atoms with Crippen molar-refractivity contribution in [3.8, 4) is 5.75 Å². The first-order valence-corrected chi connectivity index (χ1v) is 16.6. The molecule has 0 bridgehead atoms. The van der Waals surface area contributed by atoms with E-state index in [1.807, 2.05) is 54.0 Å². The van der Waals surface area contributed by atoms with Gasteiger partial charge in [0.1, 0.15) is 17.6 Å². The summed E-state index contributed by atoms with van der Waals surface area (Å²) in [4.78, 5) is 12.5. The van der Waals surface area contributed by atoms with Crippen molar-refractivity contribution in [3.63, 3.8) is 0 Å². The van der Waals surface area contributed by atoms with E-state index in [1.54, 1.807) is 40.0 Å². The van der Waals surface area contributed by atoms with Gasteiger partial charge < -0.3 is 24.7 Å². The lowest BCUT2D eigenvalue weighted by atomic mass is 10.0. The molecule has 4 unspecified atom stereocenters. The number of nitrogen functional groups attached to an aromatic ring is 1. The van der Waals surface area contributed by atoms with Crippen molar-refractivity contribution in [2.75, 3.05) is 17.8 Å². The number of aliphatic hydroxyl groups is 1. The highest BCUT2D eigenvalue weighted by atomic mass is 33.1. The maximum absolute atomic E-state index is 14.1. The van der Waals surface area contributed by atoms with Crippen molar-refractivity contribution in [3.05, 3.63) is 78.4 Å². The van der Waals surface area contributed by atoms with Crippen molar-refractivity contribution in [1.29, 1.82) is 0 Å². The summed E-state index contributed by atoms with van der Waals surface area (Å²) in [6.07, 6.45) is 2.76. The molecule has 5 rings (SSSR count). The molecule has 0 spiro atoms. The van der Waals surface area contributed by atoms with Crippen LogP contribution in [0.25, 0.3) is 11.2 Å². The molecule has 0 saturated carbocycles. The number of aromatic nitrogens is 4. The summed E-state index contributed by atoms with van der Waals surface area (Å²) in [6, 6.07) is 16.8.